The molecule has 0 saturated carbocycles. The first kappa shape index (κ1) is 40.5. The van der Waals surface area contributed by atoms with Crippen molar-refractivity contribution in [3.63, 3.8) is 0 Å². The van der Waals surface area contributed by atoms with E-state index in [1.165, 1.54) is 6.92 Å². The van der Waals surface area contributed by atoms with Crippen molar-refractivity contribution in [2.75, 3.05) is 32.0 Å². The Kier molecular flexibility index (Phi) is 21.5. The van der Waals surface area contributed by atoms with Crippen molar-refractivity contribution >= 4 is 47.6 Å². The topological polar surface area (TPSA) is 206 Å². The molecule has 0 radical (unpaired) electrons. The highest BCUT2D eigenvalue weighted by Gasteiger charge is 2.24. The van der Waals surface area contributed by atoms with E-state index >= 15 is 0 Å². The predicted molar refractivity (Wildman–Crippen MR) is 170 cm³/mol. The van der Waals surface area contributed by atoms with E-state index in [1.54, 1.807) is 50.1 Å². The van der Waals surface area contributed by atoms with Gasteiger partial charge in [-0.3, -0.25) is 24.0 Å². The number of nitrogens with two attached hydrogens (primary N) is 1. The second-order valence-corrected chi connectivity index (χ2v) is 10.7. The molecule has 0 heterocycles. The minimum atomic E-state index is -0.780. The Labute approximate surface area is 265 Å². The molecule has 0 aliphatic heterocycles. The summed E-state index contributed by atoms with van der Waals surface area (Å²) in [5.74, 6) is -1.77. The van der Waals surface area contributed by atoms with E-state index in [0.717, 1.165) is 31.1 Å². The first-order valence-electron chi connectivity index (χ1n) is 15.1. The maximum atomic E-state index is 12.6. The molecule has 45 heavy (non-hydrogen) atoms. The third-order valence-electron chi connectivity index (χ3n) is 6.22. The lowest BCUT2D eigenvalue weighted by Crippen LogP contribution is -2.51. The van der Waals surface area contributed by atoms with Gasteiger partial charge in [0.05, 0.1) is 6.54 Å². The maximum absolute atomic E-state index is 12.6. The van der Waals surface area contributed by atoms with Crippen molar-refractivity contribution in [3.8, 4) is 0 Å². The van der Waals surface area contributed by atoms with Crippen molar-refractivity contribution in [2.24, 2.45) is 11.7 Å². The zero-order valence-electron chi connectivity index (χ0n) is 27.1. The van der Waals surface area contributed by atoms with Gasteiger partial charge in [0.1, 0.15) is 18.9 Å². The van der Waals surface area contributed by atoms with Gasteiger partial charge in [-0.1, -0.05) is 39.3 Å². The molecule has 14 heteroatoms. The molecule has 0 bridgehead atoms. The van der Waals surface area contributed by atoms with E-state index in [9.17, 15) is 33.6 Å². The number of nitrogens with zero attached hydrogens (tertiary/aromatic N) is 1. The fraction of sp³-hybridized carbons (Fsp3) is 0.581. The minimum absolute atomic E-state index is 0.0801. The molecular formula is C31H50N6O8. The van der Waals surface area contributed by atoms with E-state index < -0.39 is 23.9 Å². The molecule has 0 aliphatic carbocycles. The number of nitrogens with one attached hydrogen (secondary N) is 4. The number of anilines is 1. The van der Waals surface area contributed by atoms with Gasteiger partial charge in [0.15, 0.2) is 0 Å². The highest BCUT2D eigenvalue weighted by Crippen LogP contribution is 2.11. The largest absolute Gasteiger partial charge is 0.461 e. The maximum Gasteiger partial charge on any atom is 0.312 e. The Bertz CT molecular complexity index is 1090. The monoisotopic (exact) mass is 634 g/mol. The van der Waals surface area contributed by atoms with Crippen LogP contribution in [0.25, 0.3) is 0 Å². The molecule has 6 amide bonds. The van der Waals surface area contributed by atoms with Crippen LogP contribution in [0.2, 0.25) is 0 Å². The van der Waals surface area contributed by atoms with Crippen LogP contribution in [-0.2, 0) is 40.1 Å². The number of ether oxygens (including phenoxy) is 1. The predicted octanol–water partition coefficient (Wildman–Crippen LogP) is 2.01. The van der Waals surface area contributed by atoms with Gasteiger partial charge in [-0.2, -0.15) is 0 Å². The fourth-order valence-corrected chi connectivity index (χ4v) is 3.69. The minimum Gasteiger partial charge on any atom is -0.461 e. The van der Waals surface area contributed by atoms with Gasteiger partial charge >= 0.3 is 12.0 Å². The van der Waals surface area contributed by atoms with Crippen molar-refractivity contribution < 1.29 is 38.3 Å². The lowest BCUT2D eigenvalue weighted by molar-refractivity contribution is -0.142. The molecule has 0 aromatic heterocycles. The van der Waals surface area contributed by atoms with E-state index in [0.29, 0.717) is 25.2 Å². The Morgan fingerprint density at radius 3 is 2.16 bits per heavy atom. The highest BCUT2D eigenvalue weighted by molar-refractivity contribution is 5.96. The second-order valence-electron chi connectivity index (χ2n) is 10.7. The summed E-state index contributed by atoms with van der Waals surface area (Å²) < 4.78 is 4.92. The van der Waals surface area contributed by atoms with Crippen molar-refractivity contribution in [3.05, 3.63) is 29.8 Å². The number of benzene rings is 1. The first-order chi connectivity index (χ1) is 21.3. The molecule has 0 spiro atoms. The summed E-state index contributed by atoms with van der Waals surface area (Å²) in [4.78, 5) is 81.8. The van der Waals surface area contributed by atoms with E-state index in [2.05, 4.69) is 21.3 Å². The van der Waals surface area contributed by atoms with Crippen LogP contribution in [0.1, 0.15) is 78.2 Å². The van der Waals surface area contributed by atoms with Crippen LogP contribution in [0, 0.1) is 5.92 Å². The molecular weight excluding hydrogens is 584 g/mol. The SMILES string of the molecule is CC(=O)OCc1ccc(NC(=O)CNC(=O)C(NC(=O)CCCCCN(C)C(=O)CCC=O)C(C)C)cc1.CCCNC(N)=O. The number of amides is 6. The number of carbonyl (C=O) groups excluding carboxylic acids is 7. The van der Waals surface area contributed by atoms with Crippen LogP contribution in [0.15, 0.2) is 24.3 Å². The van der Waals surface area contributed by atoms with Crippen LogP contribution in [0.5, 0.6) is 0 Å². The average molecular weight is 635 g/mol. The van der Waals surface area contributed by atoms with E-state index in [-0.39, 0.29) is 56.1 Å². The van der Waals surface area contributed by atoms with E-state index in [4.69, 9.17) is 10.5 Å². The number of carbonyl (C=O) groups is 7. The molecule has 1 aromatic carbocycles. The number of unbranched alkanes of at least 4 members (excludes halogenated alkanes) is 2. The number of esters is 1. The van der Waals surface area contributed by atoms with Crippen LogP contribution in [0.4, 0.5) is 10.5 Å². The van der Waals surface area contributed by atoms with Crippen LogP contribution < -0.4 is 27.0 Å². The molecule has 252 valence electrons. The van der Waals surface area contributed by atoms with Crippen LogP contribution in [-0.4, -0.2) is 79.5 Å². The van der Waals surface area contributed by atoms with Crippen molar-refractivity contribution in [1.29, 1.82) is 0 Å². The third kappa shape index (κ3) is 21.0. The lowest BCUT2D eigenvalue weighted by Gasteiger charge is -2.21. The highest BCUT2D eigenvalue weighted by atomic mass is 16.5. The number of rotatable bonds is 19. The van der Waals surface area contributed by atoms with Crippen molar-refractivity contribution in [2.45, 2.75) is 85.3 Å². The first-order valence-corrected chi connectivity index (χ1v) is 15.1. The number of hydrogen-bond donors (Lipinski definition) is 5. The summed E-state index contributed by atoms with van der Waals surface area (Å²) in [6.07, 6.45) is 4.39. The lowest BCUT2D eigenvalue weighted by atomic mass is 10.0. The summed E-state index contributed by atoms with van der Waals surface area (Å²) in [6.45, 7) is 8.02. The second kappa shape index (κ2) is 23.9. The fourth-order valence-electron chi connectivity index (χ4n) is 3.69. The normalized spacial score (nSPS) is 10.8. The molecule has 0 fully saturated rings. The van der Waals surface area contributed by atoms with Gasteiger partial charge < -0.3 is 41.4 Å². The van der Waals surface area contributed by atoms with E-state index in [1.807, 2.05) is 6.92 Å². The third-order valence-corrected chi connectivity index (χ3v) is 6.22. The Hall–Kier alpha value is -4.49. The molecule has 1 unspecified atom stereocenters. The summed E-state index contributed by atoms with van der Waals surface area (Å²) in [5.41, 5.74) is 6.03. The quantitative estimate of drug-likeness (QED) is 0.0862. The Morgan fingerprint density at radius 2 is 1.62 bits per heavy atom. The van der Waals surface area contributed by atoms with Crippen LogP contribution >= 0.6 is 0 Å². The number of aldehydes is 1. The number of urea groups is 1. The molecule has 6 N–H and O–H groups in total. The van der Waals surface area contributed by atoms with Crippen LogP contribution in [0.3, 0.4) is 0 Å². The summed E-state index contributed by atoms with van der Waals surface area (Å²) in [5, 5.41) is 10.4. The molecule has 0 aliphatic rings. The van der Waals surface area contributed by atoms with Gasteiger partial charge in [-0.25, -0.2) is 4.79 Å². The smallest absolute Gasteiger partial charge is 0.312 e. The summed E-state index contributed by atoms with van der Waals surface area (Å²) >= 11 is 0. The zero-order valence-corrected chi connectivity index (χ0v) is 27.1. The molecule has 1 rings (SSSR count). The van der Waals surface area contributed by atoms with Gasteiger partial charge in [0.2, 0.25) is 23.6 Å². The standard InChI is InChI=1S/C27H40N4O7.C4H10N2O/c1-19(2)26(30-23(34)9-6-5-7-15-31(4)25(36)10-8-16-32)27(37)28-17-24(35)29-22-13-11-21(12-14-22)18-38-20(3)33;1-2-3-6-4(5)7/h11-14,16,19,26H,5-10,15,17-18H2,1-4H3,(H,28,37)(H,29,35)(H,30,34);2-3H2,1H3,(H3,5,6,7). The Morgan fingerprint density at radius 1 is 0.956 bits per heavy atom. The summed E-state index contributed by atoms with van der Waals surface area (Å²) in [6, 6.07) is 5.54. The summed E-state index contributed by atoms with van der Waals surface area (Å²) in [7, 11) is 1.69. The van der Waals surface area contributed by atoms with Gasteiger partial charge in [-0.05, 0) is 42.9 Å². The van der Waals surface area contributed by atoms with Gasteiger partial charge in [0.25, 0.3) is 0 Å². The Balaban J connectivity index is 0.00000246. The zero-order chi connectivity index (χ0) is 34.2. The average Bonchev–Trinajstić information content (AvgIpc) is 2.99. The number of primary amides is 1. The van der Waals surface area contributed by atoms with Crippen molar-refractivity contribution in [1.82, 2.24) is 20.9 Å². The molecule has 14 nitrogen and oxygen atoms in total. The van der Waals surface area contributed by atoms with Gasteiger partial charge in [-0.15, -0.1) is 0 Å². The molecule has 0 saturated heterocycles. The van der Waals surface area contributed by atoms with Gasteiger partial charge in [0, 0.05) is 52.0 Å². The number of hydrogen-bond acceptors (Lipinski definition) is 8. The molecule has 1 aromatic rings. The molecule has 1 atom stereocenters.